The molecule has 20 heavy (non-hydrogen) atoms. The van der Waals surface area contributed by atoms with Gasteiger partial charge < -0.3 is 16.4 Å². The maximum absolute atomic E-state index is 11.8. The number of amides is 2. The van der Waals surface area contributed by atoms with E-state index in [0.717, 1.165) is 8.95 Å². The topological polar surface area (TPSA) is 84.2 Å². The summed E-state index contributed by atoms with van der Waals surface area (Å²) in [7, 11) is 0. The van der Waals surface area contributed by atoms with Gasteiger partial charge in [0.2, 0.25) is 11.8 Å². The first-order chi connectivity index (χ1) is 9.32. The second-order valence-electron chi connectivity index (χ2n) is 4.63. The molecule has 1 aromatic carbocycles. The summed E-state index contributed by atoms with van der Waals surface area (Å²) in [6, 6.07) is 4.85. The van der Waals surface area contributed by atoms with Gasteiger partial charge in [-0.05, 0) is 49.9 Å². The Balaban J connectivity index is 2.55. The van der Waals surface area contributed by atoms with Crippen LogP contribution in [0.1, 0.15) is 13.8 Å². The standard InChI is InChI=1S/C13H17Br2N3O2/c1-7(2)11(16)13(20)17-6-10(19)18-12-8(14)4-3-5-9(12)15/h3-5,7,11H,6,16H2,1-2H3,(H,17,20)(H,18,19)/t11-/m0/s1. The van der Waals surface area contributed by atoms with E-state index in [9.17, 15) is 9.59 Å². The van der Waals surface area contributed by atoms with Crippen LogP contribution >= 0.6 is 31.9 Å². The third kappa shape index (κ3) is 4.88. The summed E-state index contributed by atoms with van der Waals surface area (Å²) in [6.07, 6.45) is 0. The van der Waals surface area contributed by atoms with Crippen molar-refractivity contribution >= 4 is 49.4 Å². The fourth-order valence-electron chi connectivity index (χ4n) is 1.39. The van der Waals surface area contributed by atoms with E-state index in [1.54, 1.807) is 0 Å². The quantitative estimate of drug-likeness (QED) is 0.701. The highest BCUT2D eigenvalue weighted by Crippen LogP contribution is 2.30. The molecule has 0 aliphatic rings. The molecule has 2 amide bonds. The molecule has 0 bridgehead atoms. The van der Waals surface area contributed by atoms with E-state index in [0.29, 0.717) is 5.69 Å². The van der Waals surface area contributed by atoms with Gasteiger partial charge in [0.1, 0.15) is 0 Å². The zero-order valence-electron chi connectivity index (χ0n) is 11.2. The van der Waals surface area contributed by atoms with E-state index in [1.165, 1.54) is 0 Å². The van der Waals surface area contributed by atoms with Crippen molar-refractivity contribution in [1.82, 2.24) is 5.32 Å². The number of rotatable bonds is 5. The van der Waals surface area contributed by atoms with E-state index < -0.39 is 6.04 Å². The fourth-order valence-corrected chi connectivity index (χ4v) is 2.59. The molecule has 1 rings (SSSR count). The van der Waals surface area contributed by atoms with Crippen LogP contribution in [0.2, 0.25) is 0 Å². The van der Waals surface area contributed by atoms with Crippen LogP contribution in [0.5, 0.6) is 0 Å². The van der Waals surface area contributed by atoms with E-state index in [4.69, 9.17) is 5.73 Å². The molecular formula is C13H17Br2N3O2. The van der Waals surface area contributed by atoms with Gasteiger partial charge >= 0.3 is 0 Å². The third-order valence-electron chi connectivity index (χ3n) is 2.67. The summed E-state index contributed by atoms with van der Waals surface area (Å²) in [5.74, 6) is -0.626. The maximum atomic E-state index is 11.8. The van der Waals surface area contributed by atoms with Crippen molar-refractivity contribution in [3.63, 3.8) is 0 Å². The number of carbonyl (C=O) groups excluding carboxylic acids is 2. The van der Waals surface area contributed by atoms with E-state index >= 15 is 0 Å². The van der Waals surface area contributed by atoms with Gasteiger partial charge in [-0.2, -0.15) is 0 Å². The summed E-state index contributed by atoms with van der Waals surface area (Å²) < 4.78 is 1.51. The summed E-state index contributed by atoms with van der Waals surface area (Å²) in [5, 5.41) is 5.23. The number of nitrogens with one attached hydrogen (secondary N) is 2. The normalized spacial score (nSPS) is 12.1. The Kier molecular flexibility index (Phi) is 6.64. The molecule has 0 saturated heterocycles. The predicted molar refractivity (Wildman–Crippen MR) is 86.3 cm³/mol. The molecule has 1 atom stereocenters. The molecule has 0 unspecified atom stereocenters. The van der Waals surface area contributed by atoms with Crippen LogP contribution in [-0.2, 0) is 9.59 Å². The van der Waals surface area contributed by atoms with Crippen LogP contribution in [-0.4, -0.2) is 24.4 Å². The van der Waals surface area contributed by atoms with Crippen LogP contribution in [0.4, 0.5) is 5.69 Å². The molecule has 0 saturated carbocycles. The molecule has 0 aliphatic carbocycles. The molecule has 7 heteroatoms. The highest BCUT2D eigenvalue weighted by molar-refractivity contribution is 9.11. The van der Waals surface area contributed by atoms with Gasteiger partial charge in [-0.15, -0.1) is 0 Å². The first-order valence-electron chi connectivity index (χ1n) is 6.10. The molecule has 0 aliphatic heterocycles. The highest BCUT2D eigenvalue weighted by Gasteiger charge is 2.18. The molecule has 0 fully saturated rings. The maximum Gasteiger partial charge on any atom is 0.243 e. The Morgan fingerprint density at radius 1 is 1.25 bits per heavy atom. The van der Waals surface area contributed by atoms with Crippen LogP contribution in [0.3, 0.4) is 0 Å². The summed E-state index contributed by atoms with van der Waals surface area (Å²) in [6.45, 7) is 3.58. The monoisotopic (exact) mass is 405 g/mol. The molecule has 0 heterocycles. The minimum absolute atomic E-state index is 0.0236. The minimum atomic E-state index is -0.613. The zero-order chi connectivity index (χ0) is 15.3. The number of nitrogens with two attached hydrogens (primary N) is 1. The lowest BCUT2D eigenvalue weighted by Crippen LogP contribution is -2.46. The lowest BCUT2D eigenvalue weighted by Gasteiger charge is -2.15. The van der Waals surface area contributed by atoms with Gasteiger partial charge in [-0.1, -0.05) is 19.9 Å². The smallest absolute Gasteiger partial charge is 0.243 e. The lowest BCUT2D eigenvalue weighted by atomic mass is 10.1. The van der Waals surface area contributed by atoms with E-state index in [-0.39, 0.29) is 24.3 Å². The largest absolute Gasteiger partial charge is 0.346 e. The van der Waals surface area contributed by atoms with E-state index in [1.807, 2.05) is 32.0 Å². The average molecular weight is 407 g/mol. The van der Waals surface area contributed by atoms with Gasteiger partial charge in [0.05, 0.1) is 18.3 Å². The zero-order valence-corrected chi connectivity index (χ0v) is 14.4. The van der Waals surface area contributed by atoms with Crippen molar-refractivity contribution in [2.75, 3.05) is 11.9 Å². The Morgan fingerprint density at radius 3 is 2.30 bits per heavy atom. The molecule has 0 radical (unpaired) electrons. The minimum Gasteiger partial charge on any atom is -0.346 e. The van der Waals surface area contributed by atoms with E-state index in [2.05, 4.69) is 42.5 Å². The molecule has 1 aromatic rings. The van der Waals surface area contributed by atoms with Crippen molar-refractivity contribution in [2.24, 2.45) is 11.7 Å². The first kappa shape index (κ1) is 17.1. The van der Waals surface area contributed by atoms with Crippen LogP contribution < -0.4 is 16.4 Å². The number of anilines is 1. The second kappa shape index (κ2) is 7.75. The van der Waals surface area contributed by atoms with Gasteiger partial charge in [-0.25, -0.2) is 0 Å². The lowest BCUT2D eigenvalue weighted by molar-refractivity contribution is -0.125. The van der Waals surface area contributed by atoms with Gasteiger partial charge in [0, 0.05) is 8.95 Å². The predicted octanol–water partition coefficient (Wildman–Crippen LogP) is 2.25. The Bertz CT molecular complexity index is 486. The number of halogens is 2. The van der Waals surface area contributed by atoms with Gasteiger partial charge in [0.25, 0.3) is 0 Å². The number of hydrogen-bond acceptors (Lipinski definition) is 3. The highest BCUT2D eigenvalue weighted by atomic mass is 79.9. The molecule has 4 N–H and O–H groups in total. The van der Waals surface area contributed by atoms with Crippen molar-refractivity contribution in [3.05, 3.63) is 27.1 Å². The van der Waals surface area contributed by atoms with Crippen molar-refractivity contribution in [3.8, 4) is 0 Å². The van der Waals surface area contributed by atoms with Crippen LogP contribution in [0, 0.1) is 5.92 Å². The summed E-state index contributed by atoms with van der Waals surface area (Å²) in [4.78, 5) is 23.4. The number of carbonyl (C=O) groups is 2. The summed E-state index contributed by atoms with van der Waals surface area (Å²) >= 11 is 6.69. The van der Waals surface area contributed by atoms with Gasteiger partial charge in [0.15, 0.2) is 0 Å². The molecule has 0 spiro atoms. The van der Waals surface area contributed by atoms with Crippen LogP contribution in [0.15, 0.2) is 27.1 Å². The average Bonchev–Trinajstić information content (AvgIpc) is 2.39. The second-order valence-corrected chi connectivity index (χ2v) is 6.34. The third-order valence-corrected chi connectivity index (χ3v) is 3.99. The molecule has 0 aromatic heterocycles. The first-order valence-corrected chi connectivity index (χ1v) is 7.68. The van der Waals surface area contributed by atoms with Crippen molar-refractivity contribution < 1.29 is 9.59 Å². The Hall–Kier alpha value is -0.920. The number of para-hydroxylation sites is 1. The molecule has 110 valence electrons. The molecular weight excluding hydrogens is 390 g/mol. The number of benzene rings is 1. The molecule has 5 nitrogen and oxygen atoms in total. The fraction of sp³-hybridized carbons (Fsp3) is 0.385. The Morgan fingerprint density at radius 2 is 1.80 bits per heavy atom. The number of hydrogen-bond donors (Lipinski definition) is 3. The van der Waals surface area contributed by atoms with Crippen molar-refractivity contribution in [2.45, 2.75) is 19.9 Å². The van der Waals surface area contributed by atoms with Crippen LogP contribution in [0.25, 0.3) is 0 Å². The SMILES string of the molecule is CC(C)[C@H](N)C(=O)NCC(=O)Nc1c(Br)cccc1Br. The van der Waals surface area contributed by atoms with Crippen molar-refractivity contribution in [1.29, 1.82) is 0 Å². The Labute approximate surface area is 134 Å². The van der Waals surface area contributed by atoms with Gasteiger partial charge in [-0.3, -0.25) is 9.59 Å². The summed E-state index contributed by atoms with van der Waals surface area (Å²) in [5.41, 5.74) is 6.31.